The molecule has 1 heterocycles. The third-order valence-corrected chi connectivity index (χ3v) is 3.35. The number of nitrogens with zero attached hydrogens (tertiary/aromatic N) is 2. The molecular weight excluding hydrogens is 246 g/mol. The number of rotatable bonds is 5. The normalized spacial score (nSPS) is 11.8. The van der Waals surface area contributed by atoms with Crippen LogP contribution in [0.25, 0.3) is 0 Å². The molecule has 0 saturated heterocycles. The van der Waals surface area contributed by atoms with Crippen LogP contribution in [-0.4, -0.2) is 15.3 Å². The fourth-order valence-electron chi connectivity index (χ4n) is 2.26. The van der Waals surface area contributed by atoms with Crippen molar-refractivity contribution in [2.75, 3.05) is 0 Å². The number of hydrogen-bond donors (Lipinski definition) is 1. The lowest BCUT2D eigenvalue weighted by molar-refractivity contribution is 0.423. The molecule has 0 unspecified atom stereocenters. The summed E-state index contributed by atoms with van der Waals surface area (Å²) in [4.78, 5) is 0. The largest absolute Gasteiger partial charge is 0.308 e. The van der Waals surface area contributed by atoms with Crippen LogP contribution in [-0.2, 0) is 19.5 Å². The van der Waals surface area contributed by atoms with Crippen LogP contribution in [0.1, 0.15) is 44.5 Å². The van der Waals surface area contributed by atoms with Gasteiger partial charge in [-0.1, -0.05) is 37.3 Å². The summed E-state index contributed by atoms with van der Waals surface area (Å²) in [5.74, 6) is 0. The lowest BCUT2D eigenvalue weighted by atomic mass is 10.1. The van der Waals surface area contributed by atoms with Crippen molar-refractivity contribution >= 4 is 0 Å². The van der Waals surface area contributed by atoms with Crippen LogP contribution in [0.2, 0.25) is 0 Å². The molecule has 0 aliphatic heterocycles. The standard InChI is InChI=1S/C17H25N3/c1-5-16-15(11-18-17(2,3)4)12-19-20(16)13-14-9-7-6-8-10-14/h6-10,12,18H,5,11,13H2,1-4H3. The molecule has 0 aliphatic carbocycles. The summed E-state index contributed by atoms with van der Waals surface area (Å²) < 4.78 is 2.12. The summed E-state index contributed by atoms with van der Waals surface area (Å²) in [5.41, 5.74) is 4.05. The minimum Gasteiger partial charge on any atom is -0.308 e. The molecule has 3 nitrogen and oxygen atoms in total. The molecule has 0 saturated carbocycles. The van der Waals surface area contributed by atoms with E-state index in [0.717, 1.165) is 19.5 Å². The molecule has 3 heteroatoms. The molecule has 0 bridgehead atoms. The topological polar surface area (TPSA) is 29.9 Å². The predicted molar refractivity (Wildman–Crippen MR) is 83.7 cm³/mol. The Balaban J connectivity index is 2.13. The van der Waals surface area contributed by atoms with Crippen LogP contribution < -0.4 is 5.32 Å². The highest BCUT2D eigenvalue weighted by Crippen LogP contribution is 2.13. The average Bonchev–Trinajstić information content (AvgIpc) is 2.79. The Morgan fingerprint density at radius 1 is 1.15 bits per heavy atom. The van der Waals surface area contributed by atoms with Crippen LogP contribution in [0.15, 0.2) is 36.5 Å². The van der Waals surface area contributed by atoms with Crippen LogP contribution in [0.3, 0.4) is 0 Å². The summed E-state index contributed by atoms with van der Waals surface area (Å²) in [7, 11) is 0. The average molecular weight is 271 g/mol. The van der Waals surface area contributed by atoms with Gasteiger partial charge in [-0.05, 0) is 32.8 Å². The third kappa shape index (κ3) is 3.94. The van der Waals surface area contributed by atoms with E-state index in [1.54, 1.807) is 0 Å². The van der Waals surface area contributed by atoms with E-state index < -0.39 is 0 Å². The van der Waals surface area contributed by atoms with Gasteiger partial charge in [-0.15, -0.1) is 0 Å². The second-order valence-corrected chi connectivity index (χ2v) is 6.22. The summed E-state index contributed by atoms with van der Waals surface area (Å²) in [6.07, 6.45) is 3.01. The molecule has 0 amide bonds. The second-order valence-electron chi connectivity index (χ2n) is 6.22. The van der Waals surface area contributed by atoms with Crippen molar-refractivity contribution in [3.05, 3.63) is 53.3 Å². The smallest absolute Gasteiger partial charge is 0.0662 e. The molecule has 2 rings (SSSR count). The van der Waals surface area contributed by atoms with Crippen molar-refractivity contribution in [1.82, 2.24) is 15.1 Å². The van der Waals surface area contributed by atoms with Gasteiger partial charge >= 0.3 is 0 Å². The maximum Gasteiger partial charge on any atom is 0.0662 e. The van der Waals surface area contributed by atoms with E-state index in [0.29, 0.717) is 0 Å². The van der Waals surface area contributed by atoms with Crippen molar-refractivity contribution in [1.29, 1.82) is 0 Å². The predicted octanol–water partition coefficient (Wildman–Crippen LogP) is 3.38. The van der Waals surface area contributed by atoms with Gasteiger partial charge in [0.1, 0.15) is 0 Å². The fourth-order valence-corrected chi connectivity index (χ4v) is 2.26. The van der Waals surface area contributed by atoms with Crippen molar-refractivity contribution in [2.45, 2.75) is 52.7 Å². The summed E-state index contributed by atoms with van der Waals surface area (Å²) >= 11 is 0. The molecule has 2 aromatic rings. The van der Waals surface area contributed by atoms with Crippen LogP contribution in [0.4, 0.5) is 0 Å². The second kappa shape index (κ2) is 6.23. The lowest BCUT2D eigenvalue weighted by Gasteiger charge is -2.20. The molecule has 0 aliphatic rings. The Kier molecular flexibility index (Phi) is 4.61. The molecule has 1 aromatic heterocycles. The number of nitrogens with one attached hydrogen (secondary N) is 1. The first kappa shape index (κ1) is 14.8. The Hall–Kier alpha value is -1.61. The maximum absolute atomic E-state index is 4.56. The van der Waals surface area contributed by atoms with Crippen molar-refractivity contribution in [2.24, 2.45) is 0 Å². The number of benzene rings is 1. The van der Waals surface area contributed by atoms with E-state index in [1.807, 2.05) is 12.3 Å². The van der Waals surface area contributed by atoms with E-state index in [-0.39, 0.29) is 5.54 Å². The van der Waals surface area contributed by atoms with Crippen molar-refractivity contribution in [3.63, 3.8) is 0 Å². The molecule has 1 N–H and O–H groups in total. The van der Waals surface area contributed by atoms with Crippen LogP contribution >= 0.6 is 0 Å². The summed E-state index contributed by atoms with van der Waals surface area (Å²) in [5, 5.41) is 8.10. The summed E-state index contributed by atoms with van der Waals surface area (Å²) in [6.45, 7) is 10.5. The molecule has 108 valence electrons. The first-order chi connectivity index (χ1) is 9.49. The van der Waals surface area contributed by atoms with Gasteiger partial charge in [-0.25, -0.2) is 0 Å². The zero-order valence-electron chi connectivity index (χ0n) is 13.0. The maximum atomic E-state index is 4.56. The van der Waals surface area contributed by atoms with E-state index in [1.165, 1.54) is 16.8 Å². The highest BCUT2D eigenvalue weighted by Gasteiger charge is 2.13. The Bertz CT molecular complexity index is 535. The van der Waals surface area contributed by atoms with Crippen molar-refractivity contribution < 1.29 is 0 Å². The molecular formula is C17H25N3. The van der Waals surface area contributed by atoms with Crippen LogP contribution in [0, 0.1) is 0 Å². The molecule has 0 atom stereocenters. The zero-order valence-corrected chi connectivity index (χ0v) is 13.0. The Labute approximate surface area is 122 Å². The molecule has 0 radical (unpaired) electrons. The van der Waals surface area contributed by atoms with Gasteiger partial charge < -0.3 is 5.32 Å². The van der Waals surface area contributed by atoms with Gasteiger partial charge in [0.05, 0.1) is 12.7 Å². The highest BCUT2D eigenvalue weighted by atomic mass is 15.3. The van der Waals surface area contributed by atoms with E-state index >= 15 is 0 Å². The third-order valence-electron chi connectivity index (χ3n) is 3.35. The van der Waals surface area contributed by atoms with Gasteiger partial charge in [-0.2, -0.15) is 5.10 Å². The fraction of sp³-hybridized carbons (Fsp3) is 0.471. The minimum absolute atomic E-state index is 0.131. The van der Waals surface area contributed by atoms with Gasteiger partial charge in [0.25, 0.3) is 0 Å². The number of aromatic nitrogens is 2. The van der Waals surface area contributed by atoms with E-state index in [9.17, 15) is 0 Å². The zero-order chi connectivity index (χ0) is 14.6. The SMILES string of the molecule is CCc1c(CNC(C)(C)C)cnn1Cc1ccccc1. The Morgan fingerprint density at radius 3 is 2.45 bits per heavy atom. The van der Waals surface area contributed by atoms with Gasteiger partial charge in [0, 0.05) is 23.3 Å². The first-order valence-corrected chi connectivity index (χ1v) is 7.32. The first-order valence-electron chi connectivity index (χ1n) is 7.32. The minimum atomic E-state index is 0.131. The van der Waals surface area contributed by atoms with E-state index in [2.05, 4.69) is 67.1 Å². The van der Waals surface area contributed by atoms with Gasteiger partial charge in [0.2, 0.25) is 0 Å². The van der Waals surface area contributed by atoms with Gasteiger partial charge in [-0.3, -0.25) is 4.68 Å². The molecule has 1 aromatic carbocycles. The van der Waals surface area contributed by atoms with Crippen LogP contribution in [0.5, 0.6) is 0 Å². The quantitative estimate of drug-likeness (QED) is 0.903. The van der Waals surface area contributed by atoms with Crippen molar-refractivity contribution in [3.8, 4) is 0 Å². The molecule has 0 spiro atoms. The molecule has 20 heavy (non-hydrogen) atoms. The Morgan fingerprint density at radius 2 is 1.85 bits per heavy atom. The summed E-state index contributed by atoms with van der Waals surface area (Å²) in [6, 6.07) is 10.5. The lowest BCUT2D eigenvalue weighted by Crippen LogP contribution is -2.35. The highest BCUT2D eigenvalue weighted by molar-refractivity contribution is 5.21. The monoisotopic (exact) mass is 271 g/mol. The van der Waals surface area contributed by atoms with E-state index in [4.69, 9.17) is 0 Å². The number of hydrogen-bond acceptors (Lipinski definition) is 2. The molecule has 0 fully saturated rings. The van der Waals surface area contributed by atoms with Gasteiger partial charge in [0.15, 0.2) is 0 Å².